The van der Waals surface area contributed by atoms with Crippen molar-refractivity contribution in [2.75, 3.05) is 11.9 Å². The molecule has 0 aromatic heterocycles. The number of nitrogens with two attached hydrogens (primary N) is 1. The van der Waals surface area contributed by atoms with E-state index in [1.54, 1.807) is 12.1 Å². The molecule has 4 N–H and O–H groups in total. The number of carbonyl (C=O) groups excluding carboxylic acids is 2. The average Bonchev–Trinajstić information content (AvgIpc) is 2.82. The highest BCUT2D eigenvalue weighted by atomic mass is 16.2. The van der Waals surface area contributed by atoms with E-state index < -0.39 is 0 Å². The molecule has 0 aliphatic heterocycles. The van der Waals surface area contributed by atoms with Gasteiger partial charge in [-0.15, -0.1) is 0 Å². The van der Waals surface area contributed by atoms with Gasteiger partial charge < -0.3 is 16.0 Å². The number of carbonyl (C=O) groups is 2. The maximum absolute atomic E-state index is 12.8. The molecule has 1 aliphatic rings. The molecule has 3 aromatic carbocycles. The summed E-state index contributed by atoms with van der Waals surface area (Å²) in [6.45, 7) is 2.79. The molecule has 1 aliphatic carbocycles. The summed E-state index contributed by atoms with van der Waals surface area (Å²) in [5, 5.41) is 7.98. The molecular weight excluding hydrogens is 398 g/mol. The Morgan fingerprint density at radius 1 is 0.969 bits per heavy atom. The lowest BCUT2D eigenvalue weighted by Crippen LogP contribution is -2.87. The van der Waals surface area contributed by atoms with Gasteiger partial charge in [0.25, 0.3) is 11.8 Å². The molecule has 0 bridgehead atoms. The lowest BCUT2D eigenvalue weighted by atomic mass is 9.88. The van der Waals surface area contributed by atoms with Gasteiger partial charge in [-0.3, -0.25) is 9.59 Å². The van der Waals surface area contributed by atoms with Crippen LogP contribution in [0.1, 0.15) is 51.5 Å². The van der Waals surface area contributed by atoms with Gasteiger partial charge in [0, 0.05) is 18.5 Å². The Bertz CT molecular complexity index is 1090. The third-order valence-corrected chi connectivity index (χ3v) is 6.02. The van der Waals surface area contributed by atoms with Gasteiger partial charge in [0.2, 0.25) is 0 Å². The van der Waals surface area contributed by atoms with Crippen molar-refractivity contribution in [2.45, 2.75) is 38.8 Å². The topological polar surface area (TPSA) is 74.8 Å². The van der Waals surface area contributed by atoms with Crippen LogP contribution in [-0.4, -0.2) is 18.4 Å². The standard InChI is InChI=1S/C27H29N3O2/c1-19-13-15-20(16-14-19)17-29-27(32)23-10-4-5-11-25(23)30-26(31)18-28-24-12-6-8-21-7-2-3-9-22(21)24/h2-5,7,9-11,13-16,24,28H,6,8,12,17-18H2,1H3,(H,29,32)(H,30,31)/p+1/t24-/m0/s1. The average molecular weight is 429 g/mol. The van der Waals surface area contributed by atoms with E-state index in [0.717, 1.165) is 24.8 Å². The van der Waals surface area contributed by atoms with Crippen molar-refractivity contribution in [3.63, 3.8) is 0 Å². The fourth-order valence-electron chi connectivity index (χ4n) is 4.26. The molecule has 32 heavy (non-hydrogen) atoms. The van der Waals surface area contributed by atoms with Crippen LogP contribution in [0.4, 0.5) is 5.69 Å². The van der Waals surface area contributed by atoms with Crippen molar-refractivity contribution in [1.29, 1.82) is 0 Å². The van der Waals surface area contributed by atoms with Gasteiger partial charge in [-0.1, -0.05) is 66.2 Å². The highest BCUT2D eigenvalue weighted by Crippen LogP contribution is 2.26. The highest BCUT2D eigenvalue weighted by Gasteiger charge is 2.23. The fourth-order valence-corrected chi connectivity index (χ4v) is 4.26. The monoisotopic (exact) mass is 428 g/mol. The number of rotatable bonds is 7. The van der Waals surface area contributed by atoms with Gasteiger partial charge in [-0.05, 0) is 43.0 Å². The smallest absolute Gasteiger partial charge is 0.279 e. The number of quaternary nitrogens is 1. The van der Waals surface area contributed by atoms with Gasteiger partial charge in [0.05, 0.1) is 11.3 Å². The maximum Gasteiger partial charge on any atom is 0.279 e. The molecule has 1 atom stereocenters. The summed E-state index contributed by atoms with van der Waals surface area (Å²) in [5.74, 6) is -0.307. The van der Waals surface area contributed by atoms with Crippen LogP contribution in [0.25, 0.3) is 0 Å². The van der Waals surface area contributed by atoms with Crippen LogP contribution in [0.2, 0.25) is 0 Å². The second-order valence-corrected chi connectivity index (χ2v) is 8.40. The lowest BCUT2D eigenvalue weighted by Gasteiger charge is -2.23. The molecule has 0 fully saturated rings. The third kappa shape index (κ3) is 5.42. The molecule has 5 heteroatoms. The zero-order chi connectivity index (χ0) is 22.3. The Balaban J connectivity index is 1.35. The molecule has 0 radical (unpaired) electrons. The first-order valence-corrected chi connectivity index (χ1v) is 11.2. The molecule has 5 nitrogen and oxygen atoms in total. The van der Waals surface area contributed by atoms with E-state index in [1.165, 1.54) is 16.7 Å². The summed E-state index contributed by atoms with van der Waals surface area (Å²) < 4.78 is 0. The number of para-hydroxylation sites is 1. The van der Waals surface area contributed by atoms with Crippen LogP contribution in [0, 0.1) is 6.92 Å². The summed E-state index contributed by atoms with van der Waals surface area (Å²) in [6.07, 6.45) is 3.32. The molecule has 0 saturated carbocycles. The first-order valence-electron chi connectivity index (χ1n) is 11.2. The summed E-state index contributed by atoms with van der Waals surface area (Å²) in [4.78, 5) is 25.4. The van der Waals surface area contributed by atoms with E-state index in [4.69, 9.17) is 0 Å². The number of anilines is 1. The van der Waals surface area contributed by atoms with Crippen molar-refractivity contribution in [2.24, 2.45) is 0 Å². The van der Waals surface area contributed by atoms with E-state index in [1.807, 2.05) is 43.3 Å². The van der Waals surface area contributed by atoms with E-state index in [0.29, 0.717) is 30.4 Å². The molecule has 4 rings (SSSR count). The predicted octanol–water partition coefficient (Wildman–Crippen LogP) is 3.50. The first kappa shape index (κ1) is 21.8. The van der Waals surface area contributed by atoms with Gasteiger partial charge >= 0.3 is 0 Å². The second kappa shape index (κ2) is 10.2. The number of hydrogen-bond donors (Lipinski definition) is 3. The van der Waals surface area contributed by atoms with Crippen LogP contribution in [0.15, 0.2) is 72.8 Å². The van der Waals surface area contributed by atoms with Crippen molar-refractivity contribution >= 4 is 17.5 Å². The Hall–Kier alpha value is -3.44. The maximum atomic E-state index is 12.8. The number of nitrogens with one attached hydrogen (secondary N) is 2. The molecule has 3 aromatic rings. The van der Waals surface area contributed by atoms with Gasteiger partial charge in [-0.2, -0.15) is 0 Å². The zero-order valence-corrected chi connectivity index (χ0v) is 18.4. The number of aryl methyl sites for hydroxylation is 2. The number of amides is 2. The third-order valence-electron chi connectivity index (χ3n) is 6.02. The minimum atomic E-state index is -0.202. The van der Waals surface area contributed by atoms with Crippen LogP contribution in [0.5, 0.6) is 0 Å². The quantitative estimate of drug-likeness (QED) is 0.539. The molecule has 0 unspecified atom stereocenters. The van der Waals surface area contributed by atoms with Crippen LogP contribution in [0.3, 0.4) is 0 Å². The van der Waals surface area contributed by atoms with E-state index in [9.17, 15) is 9.59 Å². The van der Waals surface area contributed by atoms with Crippen LogP contribution >= 0.6 is 0 Å². The largest absolute Gasteiger partial charge is 0.348 e. The van der Waals surface area contributed by atoms with Crippen LogP contribution in [-0.2, 0) is 17.8 Å². The Morgan fingerprint density at radius 3 is 2.56 bits per heavy atom. The SMILES string of the molecule is Cc1ccc(CNC(=O)c2ccccc2NC(=O)C[NH2+][C@H]2CCCc3ccccc32)cc1. The summed E-state index contributed by atoms with van der Waals surface area (Å²) >= 11 is 0. The fraction of sp³-hybridized carbons (Fsp3) is 0.259. The molecule has 2 amide bonds. The molecular formula is C27H30N3O2+. The van der Waals surface area contributed by atoms with Crippen LogP contribution < -0.4 is 16.0 Å². The Kier molecular flexibility index (Phi) is 6.97. The molecule has 0 spiro atoms. The second-order valence-electron chi connectivity index (χ2n) is 8.40. The highest BCUT2D eigenvalue weighted by molar-refractivity contribution is 6.03. The molecule has 0 heterocycles. The van der Waals surface area contributed by atoms with E-state index in [2.05, 4.69) is 40.2 Å². The number of hydrogen-bond acceptors (Lipinski definition) is 2. The number of fused-ring (bicyclic) bond motifs is 1. The molecule has 0 saturated heterocycles. The van der Waals surface area contributed by atoms with Crippen molar-refractivity contribution in [1.82, 2.24) is 5.32 Å². The normalized spacial score (nSPS) is 15.0. The summed E-state index contributed by atoms with van der Waals surface area (Å²) in [6, 6.07) is 24.0. The lowest BCUT2D eigenvalue weighted by molar-refractivity contribution is -0.687. The number of benzene rings is 3. The van der Waals surface area contributed by atoms with Gasteiger partial charge in [-0.25, -0.2) is 0 Å². The predicted molar refractivity (Wildman–Crippen MR) is 126 cm³/mol. The van der Waals surface area contributed by atoms with Crippen molar-refractivity contribution in [3.8, 4) is 0 Å². The van der Waals surface area contributed by atoms with Gasteiger partial charge in [0.1, 0.15) is 6.04 Å². The minimum absolute atomic E-state index is 0.105. The van der Waals surface area contributed by atoms with Gasteiger partial charge in [0.15, 0.2) is 6.54 Å². The summed E-state index contributed by atoms with van der Waals surface area (Å²) in [7, 11) is 0. The first-order chi connectivity index (χ1) is 15.6. The Morgan fingerprint density at radius 2 is 1.72 bits per heavy atom. The van der Waals surface area contributed by atoms with E-state index >= 15 is 0 Å². The molecule has 164 valence electrons. The summed E-state index contributed by atoms with van der Waals surface area (Å²) in [5.41, 5.74) is 5.94. The van der Waals surface area contributed by atoms with Crippen molar-refractivity contribution < 1.29 is 14.9 Å². The van der Waals surface area contributed by atoms with E-state index in [-0.39, 0.29) is 11.8 Å². The Labute approximate surface area is 189 Å². The zero-order valence-electron chi connectivity index (χ0n) is 18.4. The van der Waals surface area contributed by atoms with Crippen molar-refractivity contribution in [3.05, 3.63) is 101 Å². The minimum Gasteiger partial charge on any atom is -0.348 e.